The minimum Gasteiger partial charge on any atom is -0.507 e. The van der Waals surface area contributed by atoms with Gasteiger partial charge in [0.25, 0.3) is 0 Å². The van der Waals surface area contributed by atoms with Crippen LogP contribution < -0.4 is 0 Å². The average Bonchev–Trinajstić information content (AvgIpc) is 3.28. The molecular weight excluding hydrogens is 392 g/mol. The van der Waals surface area contributed by atoms with Gasteiger partial charge in [-0.15, -0.1) is 0 Å². The van der Waals surface area contributed by atoms with Gasteiger partial charge < -0.3 is 9.52 Å². The van der Waals surface area contributed by atoms with Crippen molar-refractivity contribution in [3.05, 3.63) is 88.0 Å². The number of hydrogen-bond acceptors (Lipinski definition) is 2. The fourth-order valence-corrected chi connectivity index (χ4v) is 5.39. The Labute approximate surface area is 188 Å². The van der Waals surface area contributed by atoms with Crippen molar-refractivity contribution in [2.45, 2.75) is 51.4 Å². The Morgan fingerprint density at radius 3 is 2.31 bits per heavy atom. The third-order valence-electron chi connectivity index (χ3n) is 7.06. The SMILES string of the molecule is Oc1ccc2c(c1C#Cc1ccccc1-c1cc3c4c(ccc3o1)CCCC4)CCCC2. The molecule has 1 N–H and O–H groups in total. The van der Waals surface area contributed by atoms with Gasteiger partial charge in [-0.3, -0.25) is 0 Å². The zero-order valence-electron chi connectivity index (χ0n) is 18.2. The standard InChI is InChI=1S/C30H26O2/c31-28-17-14-20-7-1-4-10-23(20)26(28)16-13-22-9-3-6-12-25(22)30-19-27-24-11-5-2-8-21(24)15-18-29(27)32-30/h3,6,9,12,14-15,17-19,31H,1-2,4-5,7-8,10-11H2. The molecule has 0 atom stereocenters. The van der Waals surface area contributed by atoms with E-state index in [0.717, 1.165) is 53.7 Å². The largest absolute Gasteiger partial charge is 0.507 e. The van der Waals surface area contributed by atoms with Crippen LogP contribution in [0.25, 0.3) is 22.3 Å². The van der Waals surface area contributed by atoms with Crippen LogP contribution in [-0.2, 0) is 25.7 Å². The molecule has 32 heavy (non-hydrogen) atoms. The molecule has 0 fully saturated rings. The Morgan fingerprint density at radius 2 is 1.44 bits per heavy atom. The Kier molecular flexibility index (Phi) is 4.76. The third-order valence-corrected chi connectivity index (χ3v) is 7.06. The van der Waals surface area contributed by atoms with Crippen molar-refractivity contribution in [2.75, 3.05) is 0 Å². The van der Waals surface area contributed by atoms with Gasteiger partial charge in [0.2, 0.25) is 0 Å². The van der Waals surface area contributed by atoms with E-state index in [1.54, 1.807) is 6.07 Å². The molecule has 2 aliphatic carbocycles. The fourth-order valence-electron chi connectivity index (χ4n) is 5.39. The summed E-state index contributed by atoms with van der Waals surface area (Å²) >= 11 is 0. The Balaban J connectivity index is 1.44. The monoisotopic (exact) mass is 418 g/mol. The first-order chi connectivity index (χ1) is 15.8. The van der Waals surface area contributed by atoms with Crippen LogP contribution in [0.3, 0.4) is 0 Å². The van der Waals surface area contributed by atoms with Gasteiger partial charge >= 0.3 is 0 Å². The van der Waals surface area contributed by atoms with Crippen LogP contribution in [0.1, 0.15) is 59.1 Å². The van der Waals surface area contributed by atoms with Crippen molar-refractivity contribution in [1.29, 1.82) is 0 Å². The van der Waals surface area contributed by atoms with Crippen LogP contribution in [0.2, 0.25) is 0 Å². The van der Waals surface area contributed by atoms with Crippen molar-refractivity contribution in [3.63, 3.8) is 0 Å². The van der Waals surface area contributed by atoms with Crippen molar-refractivity contribution >= 4 is 11.0 Å². The number of phenols is 1. The minimum absolute atomic E-state index is 0.283. The number of phenolic OH excluding ortho intramolecular Hbond substituents is 1. The highest BCUT2D eigenvalue weighted by atomic mass is 16.3. The normalized spacial score (nSPS) is 15.0. The second-order valence-electron chi connectivity index (χ2n) is 9.03. The summed E-state index contributed by atoms with van der Waals surface area (Å²) in [6.45, 7) is 0. The first-order valence-corrected chi connectivity index (χ1v) is 11.8. The molecule has 2 aliphatic rings. The molecular formula is C30H26O2. The maximum Gasteiger partial charge on any atom is 0.136 e. The highest BCUT2D eigenvalue weighted by molar-refractivity contribution is 5.88. The first-order valence-electron chi connectivity index (χ1n) is 11.8. The van der Waals surface area contributed by atoms with Gasteiger partial charge in [-0.05, 0) is 104 Å². The lowest BCUT2D eigenvalue weighted by atomic mass is 9.88. The lowest BCUT2D eigenvalue weighted by Crippen LogP contribution is -2.05. The van der Waals surface area contributed by atoms with Crippen molar-refractivity contribution in [3.8, 4) is 28.9 Å². The molecule has 1 aromatic heterocycles. The summed E-state index contributed by atoms with van der Waals surface area (Å²) in [6.07, 6.45) is 9.25. The molecule has 158 valence electrons. The molecule has 2 nitrogen and oxygen atoms in total. The van der Waals surface area contributed by atoms with Gasteiger partial charge in [-0.2, -0.15) is 0 Å². The molecule has 0 aliphatic heterocycles. The summed E-state index contributed by atoms with van der Waals surface area (Å²) in [5.74, 6) is 7.81. The zero-order chi connectivity index (χ0) is 21.5. The molecule has 0 unspecified atom stereocenters. The summed E-state index contributed by atoms with van der Waals surface area (Å²) in [5, 5.41) is 11.8. The molecule has 2 heteroatoms. The number of rotatable bonds is 1. The predicted octanol–water partition coefficient (Wildman–Crippen LogP) is 6.96. The predicted molar refractivity (Wildman–Crippen MR) is 129 cm³/mol. The van der Waals surface area contributed by atoms with E-state index in [1.807, 2.05) is 18.2 Å². The van der Waals surface area contributed by atoms with Crippen molar-refractivity contribution in [2.24, 2.45) is 0 Å². The number of benzene rings is 3. The lowest BCUT2D eigenvalue weighted by molar-refractivity contribution is 0.471. The molecule has 0 saturated heterocycles. The summed E-state index contributed by atoms with van der Waals surface area (Å²) in [6, 6.07) is 18.6. The fraction of sp³-hybridized carbons (Fsp3) is 0.267. The number of aryl methyl sites for hydroxylation is 3. The number of fused-ring (bicyclic) bond motifs is 4. The van der Waals surface area contributed by atoms with Crippen LogP contribution in [-0.4, -0.2) is 5.11 Å². The molecule has 0 amide bonds. The van der Waals surface area contributed by atoms with Crippen LogP contribution in [0.15, 0.2) is 59.0 Å². The Bertz CT molecular complexity index is 1390. The molecule has 0 radical (unpaired) electrons. The summed E-state index contributed by atoms with van der Waals surface area (Å²) in [5.41, 5.74) is 9.14. The van der Waals surface area contributed by atoms with Gasteiger partial charge in [0.15, 0.2) is 0 Å². The van der Waals surface area contributed by atoms with Gasteiger partial charge in [-0.1, -0.05) is 36.1 Å². The van der Waals surface area contributed by atoms with Crippen LogP contribution in [0.4, 0.5) is 0 Å². The van der Waals surface area contributed by atoms with Crippen molar-refractivity contribution < 1.29 is 9.52 Å². The quantitative estimate of drug-likeness (QED) is 0.339. The second kappa shape index (κ2) is 7.92. The third kappa shape index (κ3) is 3.30. The van der Waals surface area contributed by atoms with E-state index in [2.05, 4.69) is 42.2 Å². The van der Waals surface area contributed by atoms with Gasteiger partial charge in [0.05, 0.1) is 5.56 Å². The molecule has 4 aromatic rings. The maximum absolute atomic E-state index is 10.5. The zero-order valence-corrected chi connectivity index (χ0v) is 18.2. The summed E-state index contributed by atoms with van der Waals surface area (Å²) in [7, 11) is 0. The Hall–Kier alpha value is -3.44. The highest BCUT2D eigenvalue weighted by Crippen LogP contribution is 2.36. The van der Waals surface area contributed by atoms with E-state index in [0.29, 0.717) is 0 Å². The van der Waals surface area contributed by atoms with E-state index in [9.17, 15) is 5.11 Å². The summed E-state index contributed by atoms with van der Waals surface area (Å²) < 4.78 is 6.31. The first kappa shape index (κ1) is 19.3. The average molecular weight is 419 g/mol. The van der Waals surface area contributed by atoms with Gasteiger partial charge in [0, 0.05) is 16.5 Å². The molecule has 1 heterocycles. The van der Waals surface area contributed by atoms with E-state index < -0.39 is 0 Å². The smallest absolute Gasteiger partial charge is 0.136 e. The molecule has 0 spiro atoms. The molecule has 0 bridgehead atoms. The topological polar surface area (TPSA) is 33.4 Å². The highest BCUT2D eigenvalue weighted by Gasteiger charge is 2.18. The van der Waals surface area contributed by atoms with E-state index in [1.165, 1.54) is 53.3 Å². The lowest BCUT2D eigenvalue weighted by Gasteiger charge is -2.17. The molecule has 3 aromatic carbocycles. The van der Waals surface area contributed by atoms with E-state index in [4.69, 9.17) is 4.42 Å². The molecule has 6 rings (SSSR count). The minimum atomic E-state index is 0.283. The van der Waals surface area contributed by atoms with Crippen LogP contribution in [0.5, 0.6) is 5.75 Å². The number of aromatic hydroxyl groups is 1. The second-order valence-corrected chi connectivity index (χ2v) is 9.03. The maximum atomic E-state index is 10.5. The van der Waals surface area contributed by atoms with Gasteiger partial charge in [-0.25, -0.2) is 0 Å². The number of furan rings is 1. The van der Waals surface area contributed by atoms with E-state index >= 15 is 0 Å². The molecule has 0 saturated carbocycles. The number of hydrogen-bond donors (Lipinski definition) is 1. The van der Waals surface area contributed by atoms with E-state index in [-0.39, 0.29) is 5.75 Å². The Morgan fingerprint density at radius 1 is 0.719 bits per heavy atom. The van der Waals surface area contributed by atoms with Crippen molar-refractivity contribution in [1.82, 2.24) is 0 Å². The van der Waals surface area contributed by atoms with Gasteiger partial charge in [0.1, 0.15) is 17.1 Å². The van der Waals surface area contributed by atoms with Crippen LogP contribution >= 0.6 is 0 Å². The van der Waals surface area contributed by atoms with Crippen LogP contribution in [0, 0.1) is 11.8 Å². The summed E-state index contributed by atoms with van der Waals surface area (Å²) in [4.78, 5) is 0.